The number of aliphatic hydroxyl groups excluding tert-OH is 1. The van der Waals surface area contributed by atoms with Crippen LogP contribution in [0.3, 0.4) is 0 Å². The third kappa shape index (κ3) is 4.83. The summed E-state index contributed by atoms with van der Waals surface area (Å²) in [5.74, 6) is -2.25. The van der Waals surface area contributed by atoms with E-state index in [-0.39, 0.29) is 37.0 Å². The van der Waals surface area contributed by atoms with E-state index in [0.29, 0.717) is 25.9 Å². The van der Waals surface area contributed by atoms with Gasteiger partial charge in [0.25, 0.3) is 0 Å². The van der Waals surface area contributed by atoms with Gasteiger partial charge in [-0.1, -0.05) is 57.8 Å². The summed E-state index contributed by atoms with van der Waals surface area (Å²) in [5.41, 5.74) is -1.93. The van der Waals surface area contributed by atoms with E-state index in [9.17, 15) is 14.4 Å². The molecule has 0 aromatic heterocycles. The van der Waals surface area contributed by atoms with Crippen molar-refractivity contribution >= 4 is 17.8 Å². The van der Waals surface area contributed by atoms with Gasteiger partial charge in [0.1, 0.15) is 24.2 Å². The summed E-state index contributed by atoms with van der Waals surface area (Å²) < 4.78 is 12.3. The van der Waals surface area contributed by atoms with Crippen LogP contribution >= 0.6 is 0 Å². The minimum Gasteiger partial charge on any atom is -0.461 e. The van der Waals surface area contributed by atoms with Crippen LogP contribution in [0.4, 0.5) is 0 Å². The topological polar surface area (TPSA) is 96.4 Å². The third-order valence-electron chi connectivity index (χ3n) is 9.58. The zero-order valence-corrected chi connectivity index (χ0v) is 23.2. The summed E-state index contributed by atoms with van der Waals surface area (Å²) in [6.45, 7) is 12.6. The number of hydrogen-bond donors (Lipinski definition) is 1. The molecule has 212 valence electrons. The van der Waals surface area contributed by atoms with Gasteiger partial charge in [-0.25, -0.2) is 0 Å². The summed E-state index contributed by atoms with van der Waals surface area (Å²) in [4.78, 5) is 45.8. The van der Waals surface area contributed by atoms with Crippen LogP contribution in [0.2, 0.25) is 0 Å². The lowest BCUT2D eigenvalue weighted by atomic mass is 9.62. The second-order valence-electron chi connectivity index (χ2n) is 11.9. The number of nitrogens with zero attached hydrogens (tertiary/aromatic N) is 2. The third-order valence-corrected chi connectivity index (χ3v) is 9.58. The van der Waals surface area contributed by atoms with E-state index < -0.39 is 35.0 Å². The Kier molecular flexibility index (Phi) is 9.03. The predicted molar refractivity (Wildman–Crippen MR) is 144 cm³/mol. The van der Waals surface area contributed by atoms with Crippen molar-refractivity contribution in [2.45, 2.75) is 101 Å². The first-order chi connectivity index (χ1) is 18.3. The Balaban J connectivity index is 1.71. The second kappa shape index (κ2) is 11.9. The molecule has 4 aliphatic rings. The van der Waals surface area contributed by atoms with Crippen LogP contribution < -0.4 is 0 Å². The van der Waals surface area contributed by atoms with Crippen LogP contribution in [0, 0.1) is 17.8 Å². The van der Waals surface area contributed by atoms with E-state index >= 15 is 0 Å². The number of rotatable bonds is 13. The minimum atomic E-state index is -1.06. The maximum absolute atomic E-state index is 14.6. The maximum Gasteiger partial charge on any atom is 0.313 e. The molecule has 3 unspecified atom stereocenters. The van der Waals surface area contributed by atoms with E-state index in [2.05, 4.69) is 13.2 Å². The van der Waals surface area contributed by atoms with Crippen LogP contribution in [0.1, 0.15) is 78.1 Å². The highest BCUT2D eigenvalue weighted by molar-refractivity contribution is 5.98. The molecule has 38 heavy (non-hydrogen) atoms. The zero-order chi connectivity index (χ0) is 27.5. The molecule has 1 aliphatic carbocycles. The largest absolute Gasteiger partial charge is 0.461 e. The van der Waals surface area contributed by atoms with Crippen molar-refractivity contribution in [2.75, 3.05) is 26.3 Å². The Hall–Kier alpha value is -2.19. The number of ether oxygens (including phenoxy) is 2. The van der Waals surface area contributed by atoms with E-state index in [0.717, 1.165) is 44.9 Å². The zero-order valence-electron chi connectivity index (χ0n) is 23.2. The molecule has 1 spiro atoms. The highest BCUT2D eigenvalue weighted by Crippen LogP contribution is 2.65. The first kappa shape index (κ1) is 28.8. The number of carbonyl (C=O) groups is 3. The molecule has 3 saturated heterocycles. The van der Waals surface area contributed by atoms with Gasteiger partial charge >= 0.3 is 5.97 Å². The highest BCUT2D eigenvalue weighted by Gasteiger charge is 2.80. The van der Waals surface area contributed by atoms with Gasteiger partial charge in [-0.2, -0.15) is 0 Å². The highest BCUT2D eigenvalue weighted by atomic mass is 16.6. The molecule has 8 nitrogen and oxygen atoms in total. The van der Waals surface area contributed by atoms with Gasteiger partial charge in [0.05, 0.1) is 11.5 Å². The molecular weight excluding hydrogens is 484 g/mol. The van der Waals surface area contributed by atoms with Crippen LogP contribution in [0.5, 0.6) is 0 Å². The van der Waals surface area contributed by atoms with Gasteiger partial charge in [0.15, 0.2) is 0 Å². The maximum atomic E-state index is 14.6. The lowest BCUT2D eigenvalue weighted by Gasteiger charge is -2.41. The Morgan fingerprint density at radius 2 is 1.87 bits per heavy atom. The quantitative estimate of drug-likeness (QED) is 0.222. The van der Waals surface area contributed by atoms with Crippen LogP contribution in [0.15, 0.2) is 25.3 Å². The number of carbonyl (C=O) groups excluding carboxylic acids is 3. The van der Waals surface area contributed by atoms with E-state index in [4.69, 9.17) is 14.6 Å². The lowest BCUT2D eigenvalue weighted by Crippen LogP contribution is -2.58. The lowest BCUT2D eigenvalue weighted by molar-refractivity contribution is -0.161. The second-order valence-corrected chi connectivity index (χ2v) is 11.9. The average Bonchev–Trinajstić information content (AvgIpc) is 3.42. The number of amides is 2. The number of likely N-dealkylation sites (tertiary alicyclic amines) is 1. The van der Waals surface area contributed by atoms with Gasteiger partial charge in [-0.05, 0) is 44.9 Å². The summed E-state index contributed by atoms with van der Waals surface area (Å²) >= 11 is 0. The van der Waals surface area contributed by atoms with Crippen molar-refractivity contribution in [1.29, 1.82) is 0 Å². The van der Waals surface area contributed by atoms with E-state index in [1.54, 1.807) is 11.0 Å². The molecule has 0 aromatic carbocycles. The smallest absolute Gasteiger partial charge is 0.313 e. The molecule has 0 aromatic rings. The van der Waals surface area contributed by atoms with Gasteiger partial charge in [-0.15, -0.1) is 6.58 Å². The molecule has 2 bridgehead atoms. The number of fused-ring (bicyclic) bond motifs is 1. The van der Waals surface area contributed by atoms with Crippen molar-refractivity contribution in [3.63, 3.8) is 0 Å². The molecule has 0 radical (unpaired) electrons. The van der Waals surface area contributed by atoms with Crippen LogP contribution in [0.25, 0.3) is 0 Å². The Bertz CT molecular complexity index is 916. The summed E-state index contributed by atoms with van der Waals surface area (Å²) in [7, 11) is 0. The van der Waals surface area contributed by atoms with Gasteiger partial charge in [0.2, 0.25) is 11.8 Å². The Labute approximate surface area is 227 Å². The van der Waals surface area contributed by atoms with Gasteiger partial charge < -0.3 is 24.4 Å². The van der Waals surface area contributed by atoms with Crippen LogP contribution in [-0.4, -0.2) is 82.3 Å². The average molecular weight is 531 g/mol. The number of aliphatic hydroxyl groups is 1. The first-order valence-corrected chi connectivity index (χ1v) is 14.6. The number of unbranched alkanes of at least 4 members (excludes halogenated alkanes) is 3. The molecule has 1 N–H and O–H groups in total. The number of hydrogen-bond acceptors (Lipinski definition) is 6. The SMILES string of the molecule is C=CCOC(=O)[C@@H]1[C@H]2C(=O)N(CCCCCCO)C(C(=O)N(CC=C)C3CCCCC3)C23CC(C)[C@@]1(C)O3. The predicted octanol–water partition coefficient (Wildman–Crippen LogP) is 3.63. The first-order valence-electron chi connectivity index (χ1n) is 14.6. The van der Waals surface area contributed by atoms with Gasteiger partial charge in [-0.3, -0.25) is 14.4 Å². The molecular formula is C30H46N2O6. The molecule has 6 atom stereocenters. The summed E-state index contributed by atoms with van der Waals surface area (Å²) in [5, 5.41) is 9.15. The number of esters is 1. The minimum absolute atomic E-state index is 0.0184. The fourth-order valence-corrected chi connectivity index (χ4v) is 7.70. The molecule has 2 amide bonds. The fourth-order valence-electron chi connectivity index (χ4n) is 7.70. The Morgan fingerprint density at radius 3 is 2.53 bits per heavy atom. The van der Waals surface area contributed by atoms with Crippen LogP contribution in [-0.2, 0) is 23.9 Å². The van der Waals surface area contributed by atoms with Crippen molar-refractivity contribution in [2.24, 2.45) is 17.8 Å². The monoisotopic (exact) mass is 530 g/mol. The standard InChI is InChI=1S/C30H46N2O6/c1-5-16-31(22-14-10-9-11-15-22)27(35)25-30-20-21(3)29(4,38-30)24(28(36)37-19-6-2)23(30)26(34)32(25)17-12-7-8-13-18-33/h5-6,21-25,33H,1-2,7-20H2,3-4H3/t21?,23-,24-,25?,29+,30?/m0/s1. The molecule has 4 rings (SSSR count). The van der Waals surface area contributed by atoms with Gasteiger partial charge in [0, 0.05) is 25.7 Å². The molecule has 3 aliphatic heterocycles. The van der Waals surface area contributed by atoms with E-state index in [1.807, 2.05) is 18.7 Å². The van der Waals surface area contributed by atoms with Crippen molar-refractivity contribution < 1.29 is 29.0 Å². The summed E-state index contributed by atoms with van der Waals surface area (Å²) in [6, 6.07) is -0.660. The van der Waals surface area contributed by atoms with Crippen molar-refractivity contribution in [3.05, 3.63) is 25.3 Å². The normalized spacial score (nSPS) is 34.3. The van der Waals surface area contributed by atoms with Crippen molar-refractivity contribution in [3.8, 4) is 0 Å². The van der Waals surface area contributed by atoms with Crippen molar-refractivity contribution in [1.82, 2.24) is 9.80 Å². The Morgan fingerprint density at radius 1 is 1.16 bits per heavy atom. The molecule has 3 heterocycles. The molecule has 1 saturated carbocycles. The molecule has 4 fully saturated rings. The fraction of sp³-hybridized carbons (Fsp3) is 0.767. The van der Waals surface area contributed by atoms with E-state index in [1.165, 1.54) is 12.5 Å². The summed E-state index contributed by atoms with van der Waals surface area (Å²) in [6.07, 6.45) is 12.2. The molecule has 8 heteroatoms.